The number of furan rings is 1. The second-order valence-electron chi connectivity index (χ2n) is 2.94. The quantitative estimate of drug-likeness (QED) is 0.601. The zero-order valence-corrected chi connectivity index (χ0v) is 6.97. The van der Waals surface area contributed by atoms with Gasteiger partial charge in [-0.25, -0.2) is 0 Å². The Bertz CT molecular complexity index is 209. The average Bonchev–Trinajstić information content (AvgIpc) is 2.39. The van der Waals surface area contributed by atoms with E-state index in [4.69, 9.17) is 4.42 Å². The number of allylic oxidation sites excluding steroid dienone is 1. The molecule has 1 aromatic rings. The summed E-state index contributed by atoms with van der Waals surface area (Å²) in [5.74, 6) is 0. The Kier molecular flexibility index (Phi) is 2.96. The fourth-order valence-electron chi connectivity index (χ4n) is 1.03. The van der Waals surface area contributed by atoms with Crippen LogP contribution in [0, 0.1) is 0 Å². The molecule has 1 heteroatoms. The van der Waals surface area contributed by atoms with E-state index < -0.39 is 0 Å². The molecule has 60 valence electrons. The summed E-state index contributed by atoms with van der Waals surface area (Å²) in [6.45, 7) is 5.92. The molecule has 0 aliphatic heterocycles. The van der Waals surface area contributed by atoms with Crippen molar-refractivity contribution in [1.29, 1.82) is 0 Å². The van der Waals surface area contributed by atoms with Gasteiger partial charge in [-0.15, -0.1) is 6.58 Å². The SMILES string of the molecule is C=C(C)CCCc1ccoc1. The second-order valence-corrected chi connectivity index (χ2v) is 2.94. The van der Waals surface area contributed by atoms with Crippen LogP contribution in [-0.4, -0.2) is 0 Å². The van der Waals surface area contributed by atoms with Crippen LogP contribution in [0.1, 0.15) is 25.3 Å². The number of rotatable bonds is 4. The molecule has 0 saturated heterocycles. The molecule has 0 radical (unpaired) electrons. The van der Waals surface area contributed by atoms with Crippen molar-refractivity contribution in [3.63, 3.8) is 0 Å². The van der Waals surface area contributed by atoms with Crippen LogP contribution in [0.2, 0.25) is 0 Å². The van der Waals surface area contributed by atoms with E-state index in [9.17, 15) is 0 Å². The van der Waals surface area contributed by atoms with Crippen LogP contribution in [0.3, 0.4) is 0 Å². The normalized spacial score (nSPS) is 9.91. The van der Waals surface area contributed by atoms with Crippen LogP contribution in [0.4, 0.5) is 0 Å². The van der Waals surface area contributed by atoms with Crippen molar-refractivity contribution in [2.24, 2.45) is 0 Å². The van der Waals surface area contributed by atoms with E-state index >= 15 is 0 Å². The summed E-state index contributed by atoms with van der Waals surface area (Å²) >= 11 is 0. The standard InChI is InChI=1S/C10H14O/c1-9(2)4-3-5-10-6-7-11-8-10/h6-8H,1,3-5H2,2H3. The van der Waals surface area contributed by atoms with Crippen LogP contribution in [0.5, 0.6) is 0 Å². The predicted octanol–water partition coefficient (Wildman–Crippen LogP) is 3.18. The molecule has 0 atom stereocenters. The monoisotopic (exact) mass is 150 g/mol. The van der Waals surface area contributed by atoms with Gasteiger partial charge in [0, 0.05) is 0 Å². The molecule has 0 spiro atoms. The largest absolute Gasteiger partial charge is 0.472 e. The molecule has 0 saturated carbocycles. The molecule has 11 heavy (non-hydrogen) atoms. The lowest BCUT2D eigenvalue weighted by atomic mass is 10.1. The third-order valence-corrected chi connectivity index (χ3v) is 1.65. The lowest BCUT2D eigenvalue weighted by Gasteiger charge is -1.96. The number of aryl methyl sites for hydroxylation is 1. The van der Waals surface area contributed by atoms with Crippen LogP contribution < -0.4 is 0 Å². The molecule has 0 aliphatic rings. The van der Waals surface area contributed by atoms with E-state index in [1.807, 2.05) is 6.07 Å². The van der Waals surface area contributed by atoms with Crippen molar-refractivity contribution in [3.8, 4) is 0 Å². The zero-order valence-electron chi connectivity index (χ0n) is 6.97. The van der Waals surface area contributed by atoms with Gasteiger partial charge >= 0.3 is 0 Å². The van der Waals surface area contributed by atoms with Crippen molar-refractivity contribution >= 4 is 0 Å². The molecule has 0 aromatic carbocycles. The first-order chi connectivity index (χ1) is 5.29. The summed E-state index contributed by atoms with van der Waals surface area (Å²) in [5, 5.41) is 0. The highest BCUT2D eigenvalue weighted by Crippen LogP contribution is 2.08. The molecular weight excluding hydrogens is 136 g/mol. The first-order valence-corrected chi connectivity index (χ1v) is 3.94. The molecule has 1 heterocycles. The van der Waals surface area contributed by atoms with E-state index in [0.29, 0.717) is 0 Å². The molecule has 0 N–H and O–H groups in total. The minimum atomic E-state index is 1.10. The Morgan fingerprint density at radius 2 is 2.45 bits per heavy atom. The molecule has 0 aliphatic carbocycles. The Balaban J connectivity index is 2.19. The van der Waals surface area contributed by atoms with Crippen LogP contribution in [-0.2, 0) is 6.42 Å². The highest BCUT2D eigenvalue weighted by Gasteiger charge is 1.93. The van der Waals surface area contributed by atoms with Crippen molar-refractivity contribution < 1.29 is 4.42 Å². The second kappa shape index (κ2) is 4.02. The van der Waals surface area contributed by atoms with Crippen LogP contribution in [0.15, 0.2) is 35.2 Å². The zero-order chi connectivity index (χ0) is 8.10. The molecule has 0 unspecified atom stereocenters. The third kappa shape index (κ3) is 3.08. The maximum Gasteiger partial charge on any atom is 0.0934 e. The van der Waals surface area contributed by atoms with E-state index in [2.05, 4.69) is 13.5 Å². The summed E-state index contributed by atoms with van der Waals surface area (Å²) in [6, 6.07) is 2.01. The highest BCUT2D eigenvalue weighted by atomic mass is 16.3. The van der Waals surface area contributed by atoms with Gasteiger partial charge in [0.25, 0.3) is 0 Å². The van der Waals surface area contributed by atoms with Gasteiger partial charge in [-0.3, -0.25) is 0 Å². The van der Waals surface area contributed by atoms with Crippen LogP contribution >= 0.6 is 0 Å². The van der Waals surface area contributed by atoms with Crippen molar-refractivity contribution in [2.75, 3.05) is 0 Å². The average molecular weight is 150 g/mol. The van der Waals surface area contributed by atoms with E-state index in [-0.39, 0.29) is 0 Å². The van der Waals surface area contributed by atoms with E-state index in [0.717, 1.165) is 12.8 Å². The molecule has 1 aromatic heterocycles. The predicted molar refractivity (Wildman–Crippen MR) is 46.5 cm³/mol. The number of hydrogen-bond donors (Lipinski definition) is 0. The molecule has 1 rings (SSSR count). The fraction of sp³-hybridized carbons (Fsp3) is 0.400. The first-order valence-electron chi connectivity index (χ1n) is 3.94. The van der Waals surface area contributed by atoms with E-state index in [1.165, 1.54) is 17.6 Å². The lowest BCUT2D eigenvalue weighted by Crippen LogP contribution is -1.82. The maximum atomic E-state index is 4.95. The van der Waals surface area contributed by atoms with Crippen LogP contribution in [0.25, 0.3) is 0 Å². The maximum absolute atomic E-state index is 4.95. The van der Waals surface area contributed by atoms with Gasteiger partial charge in [0.2, 0.25) is 0 Å². The highest BCUT2D eigenvalue weighted by molar-refractivity contribution is 5.05. The van der Waals surface area contributed by atoms with E-state index in [1.54, 1.807) is 12.5 Å². The molecule has 0 bridgehead atoms. The number of hydrogen-bond acceptors (Lipinski definition) is 1. The molecule has 1 nitrogen and oxygen atoms in total. The third-order valence-electron chi connectivity index (χ3n) is 1.65. The molecular formula is C10H14O. The summed E-state index contributed by atoms with van der Waals surface area (Å²) in [4.78, 5) is 0. The summed E-state index contributed by atoms with van der Waals surface area (Å²) in [5.41, 5.74) is 2.54. The Hall–Kier alpha value is -0.980. The summed E-state index contributed by atoms with van der Waals surface area (Å²) in [6.07, 6.45) is 6.91. The Labute approximate surface area is 67.7 Å². The Morgan fingerprint density at radius 1 is 1.64 bits per heavy atom. The summed E-state index contributed by atoms with van der Waals surface area (Å²) in [7, 11) is 0. The van der Waals surface area contributed by atoms with Crippen molar-refractivity contribution in [2.45, 2.75) is 26.2 Å². The van der Waals surface area contributed by atoms with Crippen molar-refractivity contribution in [1.82, 2.24) is 0 Å². The molecule has 0 fully saturated rings. The van der Waals surface area contributed by atoms with Gasteiger partial charge in [0.1, 0.15) is 0 Å². The minimum absolute atomic E-state index is 1.10. The van der Waals surface area contributed by atoms with Gasteiger partial charge in [0.05, 0.1) is 12.5 Å². The fourth-order valence-corrected chi connectivity index (χ4v) is 1.03. The Morgan fingerprint density at radius 3 is 3.00 bits per heavy atom. The molecule has 0 amide bonds. The first kappa shape index (κ1) is 8.12. The van der Waals surface area contributed by atoms with Crippen molar-refractivity contribution in [3.05, 3.63) is 36.3 Å². The van der Waals surface area contributed by atoms with Gasteiger partial charge in [-0.05, 0) is 37.8 Å². The lowest BCUT2D eigenvalue weighted by molar-refractivity contribution is 0.563. The van der Waals surface area contributed by atoms with Gasteiger partial charge in [-0.1, -0.05) is 5.57 Å². The smallest absolute Gasteiger partial charge is 0.0934 e. The minimum Gasteiger partial charge on any atom is -0.472 e. The summed E-state index contributed by atoms with van der Waals surface area (Å²) < 4.78 is 4.95. The van der Waals surface area contributed by atoms with Gasteiger partial charge < -0.3 is 4.42 Å². The topological polar surface area (TPSA) is 13.1 Å². The van der Waals surface area contributed by atoms with Gasteiger partial charge in [-0.2, -0.15) is 0 Å². The van der Waals surface area contributed by atoms with Gasteiger partial charge in [0.15, 0.2) is 0 Å².